The van der Waals surface area contributed by atoms with Crippen LogP contribution in [0.5, 0.6) is 17.2 Å². The highest BCUT2D eigenvalue weighted by molar-refractivity contribution is 5.52. The van der Waals surface area contributed by atoms with Gasteiger partial charge in [0, 0.05) is 0 Å². The molecule has 1 N–H and O–H groups in total. The number of aromatic hydroxyl groups is 1. The lowest BCUT2D eigenvalue weighted by Gasteiger charge is -2.09. The molecule has 0 fully saturated rings. The first-order valence-corrected chi connectivity index (χ1v) is 4.60. The number of phenols is 1. The van der Waals surface area contributed by atoms with Gasteiger partial charge in [-0.1, -0.05) is 13.8 Å². The van der Waals surface area contributed by atoms with E-state index < -0.39 is 0 Å². The summed E-state index contributed by atoms with van der Waals surface area (Å²) in [5.41, 5.74) is 0.935. The van der Waals surface area contributed by atoms with Crippen molar-refractivity contribution in [2.45, 2.75) is 20.8 Å². The maximum absolute atomic E-state index is 9.40. The van der Waals surface area contributed by atoms with Gasteiger partial charge in [-0.05, 0) is 24.6 Å². The number of ether oxygens (including phenoxy) is 2. The fourth-order valence-corrected chi connectivity index (χ4v) is 1.08. The van der Waals surface area contributed by atoms with Crippen molar-refractivity contribution in [2.24, 2.45) is 0 Å². The summed E-state index contributed by atoms with van der Waals surface area (Å²) >= 11 is 0. The van der Waals surface area contributed by atoms with E-state index >= 15 is 0 Å². The molecule has 3 heteroatoms. The molecule has 0 bridgehead atoms. The molecule has 0 atom stereocenters. The molecule has 3 nitrogen and oxygen atoms in total. The van der Waals surface area contributed by atoms with Crippen LogP contribution < -0.4 is 9.47 Å². The molecule has 0 unspecified atom stereocenters. The average molecular weight is 198 g/mol. The largest absolute Gasteiger partial charge is 0.504 e. The van der Waals surface area contributed by atoms with E-state index in [0.717, 1.165) is 5.56 Å². The molecular formula is C11H18O3. The van der Waals surface area contributed by atoms with Gasteiger partial charge in [0.25, 0.3) is 0 Å². The number of phenolic OH excluding ortho intramolecular Hbond substituents is 1. The van der Waals surface area contributed by atoms with E-state index in [-0.39, 0.29) is 5.75 Å². The van der Waals surface area contributed by atoms with Gasteiger partial charge in [0.1, 0.15) is 0 Å². The van der Waals surface area contributed by atoms with Gasteiger partial charge in [-0.15, -0.1) is 0 Å². The zero-order valence-electron chi connectivity index (χ0n) is 9.42. The van der Waals surface area contributed by atoms with Gasteiger partial charge in [0.2, 0.25) is 5.75 Å². The first-order chi connectivity index (χ1) is 6.69. The third-order valence-electron chi connectivity index (χ3n) is 1.60. The molecule has 0 aliphatic rings. The maximum Gasteiger partial charge on any atom is 0.203 e. The van der Waals surface area contributed by atoms with E-state index in [4.69, 9.17) is 9.47 Å². The van der Waals surface area contributed by atoms with Gasteiger partial charge in [0.15, 0.2) is 11.5 Å². The Labute approximate surface area is 85.3 Å². The summed E-state index contributed by atoms with van der Waals surface area (Å²) < 4.78 is 9.96. The van der Waals surface area contributed by atoms with E-state index in [1.807, 2.05) is 20.8 Å². The number of benzene rings is 1. The van der Waals surface area contributed by atoms with Gasteiger partial charge in [0.05, 0.1) is 14.2 Å². The van der Waals surface area contributed by atoms with Crippen molar-refractivity contribution in [2.75, 3.05) is 14.2 Å². The highest BCUT2D eigenvalue weighted by Crippen LogP contribution is 2.36. The summed E-state index contributed by atoms with van der Waals surface area (Å²) in [5.74, 6) is 1.03. The first-order valence-electron chi connectivity index (χ1n) is 4.60. The van der Waals surface area contributed by atoms with E-state index in [1.54, 1.807) is 12.1 Å². The van der Waals surface area contributed by atoms with Crippen LogP contribution in [0.2, 0.25) is 0 Å². The van der Waals surface area contributed by atoms with Gasteiger partial charge in [-0.25, -0.2) is 0 Å². The second-order valence-corrected chi connectivity index (χ2v) is 2.52. The molecule has 1 aromatic carbocycles. The van der Waals surface area contributed by atoms with Crippen molar-refractivity contribution in [3.63, 3.8) is 0 Å². The first kappa shape index (κ1) is 12.6. The van der Waals surface area contributed by atoms with Gasteiger partial charge in [-0.3, -0.25) is 0 Å². The normalized spacial score (nSPS) is 8.64. The second kappa shape index (κ2) is 6.13. The van der Waals surface area contributed by atoms with Crippen LogP contribution in [0.1, 0.15) is 19.4 Å². The van der Waals surface area contributed by atoms with Crippen molar-refractivity contribution in [3.05, 3.63) is 17.7 Å². The third-order valence-corrected chi connectivity index (χ3v) is 1.60. The van der Waals surface area contributed by atoms with Crippen LogP contribution in [0, 0.1) is 6.92 Å². The van der Waals surface area contributed by atoms with Crippen LogP contribution >= 0.6 is 0 Å². The van der Waals surface area contributed by atoms with Crippen LogP contribution in [-0.2, 0) is 0 Å². The molecule has 14 heavy (non-hydrogen) atoms. The molecule has 0 saturated carbocycles. The van der Waals surface area contributed by atoms with Crippen LogP contribution in [0.25, 0.3) is 0 Å². The lowest BCUT2D eigenvalue weighted by Crippen LogP contribution is -1.91. The van der Waals surface area contributed by atoms with Crippen molar-refractivity contribution in [1.29, 1.82) is 0 Å². The number of methoxy groups -OCH3 is 2. The van der Waals surface area contributed by atoms with Gasteiger partial charge in [-0.2, -0.15) is 0 Å². The molecule has 1 rings (SSSR count). The fraction of sp³-hybridized carbons (Fsp3) is 0.455. The van der Waals surface area contributed by atoms with Crippen molar-refractivity contribution in [3.8, 4) is 17.2 Å². The summed E-state index contributed by atoms with van der Waals surface area (Å²) in [5, 5.41) is 9.40. The summed E-state index contributed by atoms with van der Waals surface area (Å²) in [6.07, 6.45) is 0. The third kappa shape index (κ3) is 2.83. The van der Waals surface area contributed by atoms with Crippen LogP contribution in [-0.4, -0.2) is 19.3 Å². The number of hydrogen-bond acceptors (Lipinski definition) is 3. The molecule has 0 spiro atoms. The maximum atomic E-state index is 9.40. The predicted molar refractivity (Wildman–Crippen MR) is 57.3 cm³/mol. The Hall–Kier alpha value is -1.38. The number of hydrogen-bond donors (Lipinski definition) is 1. The highest BCUT2D eigenvalue weighted by atomic mass is 16.5. The zero-order chi connectivity index (χ0) is 11.1. The summed E-state index contributed by atoms with van der Waals surface area (Å²) in [6.45, 7) is 5.88. The lowest BCUT2D eigenvalue weighted by molar-refractivity contribution is 0.332. The smallest absolute Gasteiger partial charge is 0.203 e. The van der Waals surface area contributed by atoms with Crippen molar-refractivity contribution in [1.82, 2.24) is 0 Å². The van der Waals surface area contributed by atoms with Crippen LogP contribution in [0.15, 0.2) is 12.1 Å². The lowest BCUT2D eigenvalue weighted by atomic mass is 10.2. The van der Waals surface area contributed by atoms with Crippen LogP contribution in [0.3, 0.4) is 0 Å². The molecule has 0 saturated heterocycles. The van der Waals surface area contributed by atoms with Gasteiger partial charge < -0.3 is 14.6 Å². The Bertz CT molecular complexity index is 282. The van der Waals surface area contributed by atoms with E-state index in [9.17, 15) is 5.11 Å². The molecule has 0 aliphatic heterocycles. The summed E-state index contributed by atoms with van der Waals surface area (Å²) in [7, 11) is 3.03. The van der Waals surface area contributed by atoms with Crippen molar-refractivity contribution >= 4 is 0 Å². The average Bonchev–Trinajstić information content (AvgIpc) is 2.19. The van der Waals surface area contributed by atoms with E-state index in [0.29, 0.717) is 11.5 Å². The van der Waals surface area contributed by atoms with Crippen LogP contribution in [0.4, 0.5) is 0 Å². The number of rotatable bonds is 2. The Balaban J connectivity index is 0.000000791. The minimum absolute atomic E-state index is 0.106. The predicted octanol–water partition coefficient (Wildman–Crippen LogP) is 2.74. The number of aryl methyl sites for hydroxylation is 1. The fourth-order valence-electron chi connectivity index (χ4n) is 1.08. The molecule has 0 radical (unpaired) electrons. The Kier molecular flexibility index (Phi) is 5.53. The molecular weight excluding hydrogens is 180 g/mol. The molecule has 1 aromatic rings. The molecule has 0 aromatic heterocycles. The monoisotopic (exact) mass is 198 g/mol. The van der Waals surface area contributed by atoms with Gasteiger partial charge >= 0.3 is 0 Å². The second-order valence-electron chi connectivity index (χ2n) is 2.52. The Morgan fingerprint density at radius 3 is 2.07 bits per heavy atom. The quantitative estimate of drug-likeness (QED) is 0.794. The van der Waals surface area contributed by atoms with E-state index in [2.05, 4.69) is 0 Å². The zero-order valence-corrected chi connectivity index (χ0v) is 9.42. The molecule has 80 valence electrons. The molecule has 0 aliphatic carbocycles. The minimum Gasteiger partial charge on any atom is -0.504 e. The highest BCUT2D eigenvalue weighted by Gasteiger charge is 2.08. The van der Waals surface area contributed by atoms with Crippen molar-refractivity contribution < 1.29 is 14.6 Å². The standard InChI is InChI=1S/C9H12O3.C2H6/c1-6-4-7(10)9(12-3)8(5-6)11-2;1-2/h4-5,10H,1-3H3;1-2H3. The topological polar surface area (TPSA) is 38.7 Å². The summed E-state index contributed by atoms with van der Waals surface area (Å²) in [4.78, 5) is 0. The minimum atomic E-state index is 0.106. The molecule has 0 heterocycles. The Morgan fingerprint density at radius 1 is 1.07 bits per heavy atom. The summed E-state index contributed by atoms with van der Waals surface area (Å²) in [6, 6.07) is 3.43. The Morgan fingerprint density at radius 2 is 1.64 bits per heavy atom. The SMILES string of the molecule is CC.COc1cc(C)cc(O)c1OC. The van der Waals surface area contributed by atoms with E-state index in [1.165, 1.54) is 14.2 Å². The molecule has 0 amide bonds.